The van der Waals surface area contributed by atoms with Crippen LogP contribution in [-0.2, 0) is 0 Å². The number of H-pyrrole nitrogens is 1. The molecular formula is C15H19N3O2. The number of nitrogens with two attached hydrogens (primary N) is 1. The highest BCUT2D eigenvalue weighted by Crippen LogP contribution is 2.27. The summed E-state index contributed by atoms with van der Waals surface area (Å²) in [5.41, 5.74) is 6.65. The summed E-state index contributed by atoms with van der Waals surface area (Å²) in [6.45, 7) is 2.18. The molecule has 0 amide bonds. The zero-order valence-electron chi connectivity index (χ0n) is 11.6. The van der Waals surface area contributed by atoms with Gasteiger partial charge in [0.2, 0.25) is 0 Å². The van der Waals surface area contributed by atoms with Gasteiger partial charge >= 0.3 is 0 Å². The molecule has 2 unspecified atom stereocenters. The molecule has 3 rings (SSSR count). The minimum absolute atomic E-state index is 0.137. The number of nitrogens with zero attached hydrogens (tertiary/aromatic N) is 1. The van der Waals surface area contributed by atoms with Crippen LogP contribution in [0.25, 0.3) is 10.9 Å². The second kappa shape index (κ2) is 5.15. The van der Waals surface area contributed by atoms with Crippen molar-refractivity contribution in [1.29, 1.82) is 0 Å². The molecule has 106 valence electrons. The minimum Gasteiger partial charge on any atom is -0.461 e. The van der Waals surface area contributed by atoms with E-state index in [4.69, 9.17) is 10.5 Å². The van der Waals surface area contributed by atoms with E-state index in [0.717, 1.165) is 6.42 Å². The van der Waals surface area contributed by atoms with E-state index in [9.17, 15) is 4.79 Å². The normalized spacial score (nSPS) is 22.9. The van der Waals surface area contributed by atoms with Crippen LogP contribution in [0.2, 0.25) is 0 Å². The monoisotopic (exact) mass is 273 g/mol. The number of aromatic nitrogens is 2. The van der Waals surface area contributed by atoms with Crippen LogP contribution in [0.4, 0.5) is 5.69 Å². The predicted octanol–water partition coefficient (Wildman–Crippen LogP) is 2.46. The van der Waals surface area contributed by atoms with Gasteiger partial charge in [0.05, 0.1) is 10.9 Å². The number of nitrogens with one attached hydrogen (secondary N) is 1. The van der Waals surface area contributed by atoms with Gasteiger partial charge in [-0.05, 0) is 43.4 Å². The zero-order valence-corrected chi connectivity index (χ0v) is 11.6. The Hall–Kier alpha value is -2.04. The van der Waals surface area contributed by atoms with Crippen LogP contribution in [0.3, 0.4) is 0 Å². The largest absolute Gasteiger partial charge is 0.461 e. The Morgan fingerprint density at radius 3 is 2.95 bits per heavy atom. The molecule has 1 aromatic heterocycles. The quantitative estimate of drug-likeness (QED) is 0.824. The standard InChI is InChI=1S/C15H19N3O2/c1-9-4-2-3-5-13(9)20-15-17-12-7-6-10(16)8-11(12)14(19)18-15/h6-9,13H,2-5,16H2,1H3,(H,17,18,19). The molecule has 5 nitrogen and oxygen atoms in total. The van der Waals surface area contributed by atoms with Gasteiger partial charge < -0.3 is 10.5 Å². The Bertz CT molecular complexity index is 680. The van der Waals surface area contributed by atoms with E-state index in [1.54, 1.807) is 18.2 Å². The van der Waals surface area contributed by atoms with Crippen molar-refractivity contribution in [3.63, 3.8) is 0 Å². The highest BCUT2D eigenvalue weighted by atomic mass is 16.5. The van der Waals surface area contributed by atoms with Crippen molar-refractivity contribution in [3.8, 4) is 6.01 Å². The summed E-state index contributed by atoms with van der Waals surface area (Å²) >= 11 is 0. The van der Waals surface area contributed by atoms with E-state index in [1.165, 1.54) is 19.3 Å². The molecule has 20 heavy (non-hydrogen) atoms. The molecule has 1 heterocycles. The number of anilines is 1. The van der Waals surface area contributed by atoms with Crippen LogP contribution in [0.1, 0.15) is 32.6 Å². The summed E-state index contributed by atoms with van der Waals surface area (Å²) in [5, 5.41) is 0.494. The van der Waals surface area contributed by atoms with Gasteiger partial charge in [0.15, 0.2) is 0 Å². The third kappa shape index (κ3) is 2.48. The molecule has 0 spiro atoms. The van der Waals surface area contributed by atoms with Crippen molar-refractivity contribution in [1.82, 2.24) is 9.97 Å². The first-order valence-electron chi connectivity index (χ1n) is 7.10. The van der Waals surface area contributed by atoms with Gasteiger partial charge in [-0.3, -0.25) is 9.78 Å². The van der Waals surface area contributed by atoms with Crippen molar-refractivity contribution >= 4 is 16.6 Å². The number of hydrogen-bond donors (Lipinski definition) is 2. The fourth-order valence-electron chi connectivity index (χ4n) is 2.79. The van der Waals surface area contributed by atoms with Crippen molar-refractivity contribution in [2.24, 2.45) is 5.92 Å². The lowest BCUT2D eigenvalue weighted by Gasteiger charge is -2.28. The van der Waals surface area contributed by atoms with Gasteiger partial charge in [-0.2, -0.15) is 4.98 Å². The van der Waals surface area contributed by atoms with E-state index in [2.05, 4.69) is 16.9 Å². The molecule has 0 radical (unpaired) electrons. The number of hydrogen-bond acceptors (Lipinski definition) is 4. The number of rotatable bonds is 2. The Balaban J connectivity index is 1.92. The van der Waals surface area contributed by atoms with Crippen molar-refractivity contribution < 1.29 is 4.74 Å². The SMILES string of the molecule is CC1CCCCC1Oc1nc2ccc(N)cc2c(=O)[nH]1. The Kier molecular flexibility index (Phi) is 3.34. The molecule has 2 aromatic rings. The number of aromatic amines is 1. The molecule has 1 aliphatic carbocycles. The molecule has 0 bridgehead atoms. The van der Waals surface area contributed by atoms with Gasteiger partial charge in [0, 0.05) is 5.69 Å². The second-order valence-electron chi connectivity index (χ2n) is 5.57. The molecule has 1 fully saturated rings. The number of fused-ring (bicyclic) bond motifs is 1. The van der Waals surface area contributed by atoms with Crippen LogP contribution in [0.5, 0.6) is 6.01 Å². The first-order chi connectivity index (χ1) is 9.63. The highest BCUT2D eigenvalue weighted by molar-refractivity contribution is 5.81. The average Bonchev–Trinajstić information content (AvgIpc) is 2.42. The average molecular weight is 273 g/mol. The molecule has 3 N–H and O–H groups in total. The van der Waals surface area contributed by atoms with Gasteiger partial charge in [0.25, 0.3) is 11.6 Å². The number of nitrogen functional groups attached to an aromatic ring is 1. The fourth-order valence-corrected chi connectivity index (χ4v) is 2.79. The van der Waals surface area contributed by atoms with Crippen molar-refractivity contribution in [2.75, 3.05) is 5.73 Å². The van der Waals surface area contributed by atoms with E-state index in [0.29, 0.717) is 28.5 Å². The fraction of sp³-hybridized carbons (Fsp3) is 0.467. The number of ether oxygens (including phenoxy) is 1. The molecule has 1 aliphatic rings. The van der Waals surface area contributed by atoms with Crippen LogP contribution in [0, 0.1) is 5.92 Å². The maximum Gasteiger partial charge on any atom is 0.297 e. The highest BCUT2D eigenvalue weighted by Gasteiger charge is 2.23. The summed E-state index contributed by atoms with van der Waals surface area (Å²) in [4.78, 5) is 19.1. The van der Waals surface area contributed by atoms with Gasteiger partial charge in [-0.25, -0.2) is 0 Å². The molecule has 0 aliphatic heterocycles. The molecule has 1 aromatic carbocycles. The maximum absolute atomic E-state index is 12.0. The first-order valence-corrected chi connectivity index (χ1v) is 7.10. The summed E-state index contributed by atoms with van der Waals surface area (Å²) < 4.78 is 5.89. The summed E-state index contributed by atoms with van der Waals surface area (Å²) in [5.74, 6) is 0.496. The Labute approximate surface area is 117 Å². The topological polar surface area (TPSA) is 81.0 Å². The first kappa shape index (κ1) is 13.0. The van der Waals surface area contributed by atoms with Gasteiger partial charge in [-0.15, -0.1) is 0 Å². The Morgan fingerprint density at radius 1 is 1.35 bits per heavy atom. The summed E-state index contributed by atoms with van der Waals surface area (Å²) in [7, 11) is 0. The second-order valence-corrected chi connectivity index (χ2v) is 5.57. The van der Waals surface area contributed by atoms with Crippen LogP contribution in [0.15, 0.2) is 23.0 Å². The third-order valence-corrected chi connectivity index (χ3v) is 4.00. The Morgan fingerprint density at radius 2 is 2.15 bits per heavy atom. The summed E-state index contributed by atoms with van der Waals surface area (Å²) in [6.07, 6.45) is 4.74. The lowest BCUT2D eigenvalue weighted by molar-refractivity contribution is 0.0925. The lowest BCUT2D eigenvalue weighted by Crippen LogP contribution is -2.29. The molecule has 2 atom stereocenters. The van der Waals surface area contributed by atoms with Crippen LogP contribution >= 0.6 is 0 Å². The number of benzene rings is 1. The van der Waals surface area contributed by atoms with E-state index in [1.807, 2.05) is 0 Å². The smallest absolute Gasteiger partial charge is 0.297 e. The summed E-state index contributed by atoms with van der Waals surface area (Å²) in [6, 6.07) is 5.43. The maximum atomic E-state index is 12.0. The molecular weight excluding hydrogens is 254 g/mol. The molecule has 5 heteroatoms. The van der Waals surface area contributed by atoms with Crippen molar-refractivity contribution in [2.45, 2.75) is 38.7 Å². The van der Waals surface area contributed by atoms with Crippen LogP contribution < -0.4 is 16.0 Å². The molecule has 1 saturated carbocycles. The van der Waals surface area contributed by atoms with Crippen LogP contribution in [-0.4, -0.2) is 16.1 Å². The van der Waals surface area contributed by atoms with E-state index < -0.39 is 0 Å². The van der Waals surface area contributed by atoms with Gasteiger partial charge in [-0.1, -0.05) is 13.3 Å². The van der Waals surface area contributed by atoms with Crippen molar-refractivity contribution in [3.05, 3.63) is 28.6 Å². The van der Waals surface area contributed by atoms with E-state index >= 15 is 0 Å². The zero-order chi connectivity index (χ0) is 14.1. The predicted molar refractivity (Wildman–Crippen MR) is 78.8 cm³/mol. The lowest BCUT2D eigenvalue weighted by atomic mass is 9.88. The molecule has 0 saturated heterocycles. The van der Waals surface area contributed by atoms with Gasteiger partial charge in [0.1, 0.15) is 6.10 Å². The third-order valence-electron chi connectivity index (χ3n) is 4.00. The van der Waals surface area contributed by atoms with E-state index in [-0.39, 0.29) is 11.7 Å². The minimum atomic E-state index is -0.208.